The predicted molar refractivity (Wildman–Crippen MR) is 88.3 cm³/mol. The van der Waals surface area contributed by atoms with Crippen LogP contribution in [0.5, 0.6) is 0 Å². The molecule has 1 unspecified atom stereocenters. The second-order valence-electron chi connectivity index (χ2n) is 6.66. The first-order chi connectivity index (χ1) is 9.52. The van der Waals surface area contributed by atoms with Gasteiger partial charge in [0.2, 0.25) is 0 Å². The maximum Gasteiger partial charge on any atom is 0.190 e. The number of likely N-dealkylation sites (tertiary alicyclic amines) is 1. The first-order valence-electron chi connectivity index (χ1n) is 8.21. The van der Waals surface area contributed by atoms with Crippen LogP contribution in [0.25, 0.3) is 0 Å². The minimum atomic E-state index is 0.668. The van der Waals surface area contributed by atoms with Gasteiger partial charge in [-0.15, -0.1) is 0 Å². The zero-order valence-corrected chi connectivity index (χ0v) is 14.1. The van der Waals surface area contributed by atoms with Crippen molar-refractivity contribution >= 4 is 5.96 Å². The van der Waals surface area contributed by atoms with Crippen molar-refractivity contribution < 1.29 is 0 Å². The number of nitrogens with one attached hydrogen (secondary N) is 2. The molecule has 1 atom stereocenters. The van der Waals surface area contributed by atoms with Crippen molar-refractivity contribution in [2.24, 2.45) is 16.8 Å². The van der Waals surface area contributed by atoms with E-state index in [4.69, 9.17) is 0 Å². The van der Waals surface area contributed by atoms with Gasteiger partial charge in [0.1, 0.15) is 0 Å². The van der Waals surface area contributed by atoms with E-state index in [1.165, 1.54) is 32.4 Å². The molecule has 1 fully saturated rings. The van der Waals surface area contributed by atoms with Crippen LogP contribution in [0.4, 0.5) is 0 Å². The van der Waals surface area contributed by atoms with E-state index in [0.717, 1.165) is 30.9 Å². The Labute approximate surface area is 125 Å². The molecule has 118 valence electrons. The Kier molecular flexibility index (Phi) is 7.97. The zero-order chi connectivity index (χ0) is 15.0. The highest BCUT2D eigenvalue weighted by Gasteiger charge is 2.21. The topological polar surface area (TPSA) is 39.7 Å². The van der Waals surface area contributed by atoms with Gasteiger partial charge in [0, 0.05) is 32.7 Å². The Morgan fingerprint density at radius 3 is 2.60 bits per heavy atom. The molecular formula is C16H34N4. The van der Waals surface area contributed by atoms with Crippen molar-refractivity contribution in [2.75, 3.05) is 33.2 Å². The molecule has 0 amide bonds. The fourth-order valence-electron chi connectivity index (χ4n) is 2.67. The van der Waals surface area contributed by atoms with Crippen molar-refractivity contribution in [3.05, 3.63) is 0 Å². The largest absolute Gasteiger partial charge is 0.356 e. The van der Waals surface area contributed by atoms with Gasteiger partial charge in [0.15, 0.2) is 5.96 Å². The smallest absolute Gasteiger partial charge is 0.190 e. The van der Waals surface area contributed by atoms with Gasteiger partial charge in [-0.3, -0.25) is 4.99 Å². The van der Waals surface area contributed by atoms with Gasteiger partial charge in [-0.2, -0.15) is 0 Å². The molecule has 1 rings (SSSR count). The van der Waals surface area contributed by atoms with Crippen molar-refractivity contribution in [3.63, 3.8) is 0 Å². The Hall–Kier alpha value is -0.770. The third-order valence-corrected chi connectivity index (χ3v) is 4.08. The molecule has 0 bridgehead atoms. The van der Waals surface area contributed by atoms with Crippen LogP contribution in [0.1, 0.15) is 47.0 Å². The maximum absolute atomic E-state index is 4.30. The van der Waals surface area contributed by atoms with Gasteiger partial charge in [0.05, 0.1) is 0 Å². The number of aliphatic imine (C=N–C) groups is 1. The average molecular weight is 282 g/mol. The SMILES string of the molecule is CN=C(NCCC(C)C)NCC1CCCN(C(C)C)C1. The van der Waals surface area contributed by atoms with Gasteiger partial charge in [-0.1, -0.05) is 13.8 Å². The first kappa shape index (κ1) is 17.3. The summed E-state index contributed by atoms with van der Waals surface area (Å²) in [6.45, 7) is 13.6. The summed E-state index contributed by atoms with van der Waals surface area (Å²) in [7, 11) is 1.85. The molecule has 1 aliphatic rings. The maximum atomic E-state index is 4.30. The van der Waals surface area contributed by atoms with Gasteiger partial charge >= 0.3 is 0 Å². The molecule has 0 radical (unpaired) electrons. The summed E-state index contributed by atoms with van der Waals surface area (Å²) in [6, 6.07) is 0.668. The van der Waals surface area contributed by atoms with Gasteiger partial charge in [-0.05, 0) is 51.5 Å². The normalized spacial score (nSPS) is 21.6. The van der Waals surface area contributed by atoms with Crippen molar-refractivity contribution in [1.82, 2.24) is 15.5 Å². The van der Waals surface area contributed by atoms with Crippen LogP contribution in [0, 0.1) is 11.8 Å². The van der Waals surface area contributed by atoms with E-state index in [0.29, 0.717) is 6.04 Å². The molecule has 0 saturated carbocycles. The van der Waals surface area contributed by atoms with E-state index in [2.05, 4.69) is 48.2 Å². The fourth-order valence-corrected chi connectivity index (χ4v) is 2.67. The van der Waals surface area contributed by atoms with Gasteiger partial charge in [0.25, 0.3) is 0 Å². The highest BCUT2D eigenvalue weighted by Crippen LogP contribution is 2.17. The number of rotatable bonds is 6. The molecule has 20 heavy (non-hydrogen) atoms. The Balaban J connectivity index is 2.26. The third kappa shape index (κ3) is 6.60. The molecule has 2 N–H and O–H groups in total. The Morgan fingerprint density at radius 2 is 2.00 bits per heavy atom. The van der Waals surface area contributed by atoms with Crippen LogP contribution < -0.4 is 10.6 Å². The lowest BCUT2D eigenvalue weighted by Crippen LogP contribution is -2.46. The van der Waals surface area contributed by atoms with Crippen LogP contribution in [0.15, 0.2) is 4.99 Å². The third-order valence-electron chi connectivity index (χ3n) is 4.08. The second-order valence-corrected chi connectivity index (χ2v) is 6.66. The predicted octanol–water partition coefficient (Wildman–Crippen LogP) is 2.32. The number of piperidine rings is 1. The summed E-state index contributed by atoms with van der Waals surface area (Å²) in [4.78, 5) is 6.89. The number of hydrogen-bond acceptors (Lipinski definition) is 2. The Morgan fingerprint density at radius 1 is 1.25 bits per heavy atom. The van der Waals surface area contributed by atoms with E-state index in [9.17, 15) is 0 Å². The lowest BCUT2D eigenvalue weighted by Gasteiger charge is -2.35. The summed E-state index contributed by atoms with van der Waals surface area (Å²) in [5.74, 6) is 2.43. The van der Waals surface area contributed by atoms with Gasteiger partial charge < -0.3 is 15.5 Å². The van der Waals surface area contributed by atoms with Gasteiger partial charge in [-0.25, -0.2) is 0 Å². The minimum absolute atomic E-state index is 0.668. The zero-order valence-electron chi connectivity index (χ0n) is 14.1. The highest BCUT2D eigenvalue weighted by molar-refractivity contribution is 5.79. The molecule has 0 aromatic heterocycles. The summed E-state index contributed by atoms with van der Waals surface area (Å²) in [5, 5.41) is 6.88. The number of hydrogen-bond donors (Lipinski definition) is 2. The van der Waals surface area contributed by atoms with Crippen molar-refractivity contribution in [1.29, 1.82) is 0 Å². The molecule has 4 heteroatoms. The summed E-state index contributed by atoms with van der Waals surface area (Å²) < 4.78 is 0. The molecule has 1 heterocycles. The quantitative estimate of drug-likeness (QED) is 0.580. The van der Waals surface area contributed by atoms with E-state index in [1.54, 1.807) is 0 Å². The molecular weight excluding hydrogens is 248 g/mol. The summed E-state index contributed by atoms with van der Waals surface area (Å²) >= 11 is 0. The molecule has 0 aliphatic carbocycles. The molecule has 0 aromatic rings. The molecule has 1 saturated heterocycles. The monoisotopic (exact) mass is 282 g/mol. The Bertz CT molecular complexity index is 286. The molecule has 0 spiro atoms. The summed E-state index contributed by atoms with van der Waals surface area (Å²) in [5.41, 5.74) is 0. The van der Waals surface area contributed by atoms with Crippen LogP contribution in [0.3, 0.4) is 0 Å². The van der Waals surface area contributed by atoms with Crippen LogP contribution in [-0.2, 0) is 0 Å². The molecule has 0 aromatic carbocycles. The van der Waals surface area contributed by atoms with Crippen LogP contribution in [-0.4, -0.2) is 50.1 Å². The van der Waals surface area contributed by atoms with Crippen LogP contribution in [0.2, 0.25) is 0 Å². The van der Waals surface area contributed by atoms with E-state index >= 15 is 0 Å². The lowest BCUT2D eigenvalue weighted by molar-refractivity contribution is 0.141. The second kappa shape index (κ2) is 9.22. The van der Waals surface area contributed by atoms with Crippen molar-refractivity contribution in [3.8, 4) is 0 Å². The standard InChI is InChI=1S/C16H34N4/c1-13(2)8-9-18-16(17-5)19-11-15-7-6-10-20(12-15)14(3)4/h13-15H,6-12H2,1-5H3,(H2,17,18,19). The van der Waals surface area contributed by atoms with E-state index in [-0.39, 0.29) is 0 Å². The summed E-state index contributed by atoms with van der Waals surface area (Å²) in [6.07, 6.45) is 3.84. The minimum Gasteiger partial charge on any atom is -0.356 e. The number of guanidine groups is 1. The highest BCUT2D eigenvalue weighted by atomic mass is 15.2. The molecule has 1 aliphatic heterocycles. The lowest BCUT2D eigenvalue weighted by atomic mass is 9.97. The average Bonchev–Trinajstić information content (AvgIpc) is 2.42. The van der Waals surface area contributed by atoms with Crippen LogP contribution >= 0.6 is 0 Å². The molecule has 4 nitrogen and oxygen atoms in total. The number of nitrogens with zero attached hydrogens (tertiary/aromatic N) is 2. The van der Waals surface area contributed by atoms with Crippen molar-refractivity contribution in [2.45, 2.75) is 53.0 Å². The van der Waals surface area contributed by atoms with E-state index in [1.807, 2.05) is 7.05 Å². The van der Waals surface area contributed by atoms with E-state index < -0.39 is 0 Å². The fraction of sp³-hybridized carbons (Fsp3) is 0.938. The first-order valence-corrected chi connectivity index (χ1v) is 8.21.